The number of hydrogen-bond donors (Lipinski definition) is 2. The topological polar surface area (TPSA) is 40.5 Å². The average molecular weight is 574 g/mol. The molecule has 0 atom stereocenters. The molecule has 0 aliphatic heterocycles. The van der Waals surface area contributed by atoms with Crippen LogP contribution in [0, 0.1) is 29.2 Å². The van der Waals surface area contributed by atoms with Crippen molar-refractivity contribution in [1.29, 1.82) is 0 Å². The van der Waals surface area contributed by atoms with Gasteiger partial charge in [0.25, 0.3) is 0 Å². The fourth-order valence-corrected chi connectivity index (χ4v) is 2.30. The molecule has 186 valence electrons. The van der Waals surface area contributed by atoms with Gasteiger partial charge in [-0.05, 0) is 48.5 Å². The van der Waals surface area contributed by atoms with Gasteiger partial charge in [-0.2, -0.15) is 17.7 Å². The summed E-state index contributed by atoms with van der Waals surface area (Å²) in [4.78, 5) is 0. The largest absolute Gasteiger partial charge is 0.508 e. The van der Waals surface area contributed by atoms with Crippen LogP contribution in [0.25, 0.3) is 0 Å². The van der Waals surface area contributed by atoms with Crippen molar-refractivity contribution in [2.75, 3.05) is 0 Å². The van der Waals surface area contributed by atoms with Crippen molar-refractivity contribution in [3.8, 4) is 11.5 Å². The van der Waals surface area contributed by atoms with Crippen LogP contribution >= 0.6 is 0 Å². The van der Waals surface area contributed by atoms with Crippen LogP contribution in [-0.2, 0) is 23.3 Å². The Morgan fingerprint density at radius 2 is 1.14 bits per heavy atom. The second-order valence-electron chi connectivity index (χ2n) is 8.92. The van der Waals surface area contributed by atoms with Gasteiger partial charge in [-0.3, -0.25) is 12.2 Å². The molecule has 0 bridgehead atoms. The van der Waals surface area contributed by atoms with Gasteiger partial charge in [0.1, 0.15) is 23.1 Å². The van der Waals surface area contributed by atoms with E-state index in [4.69, 9.17) is 10.2 Å². The molecule has 0 radical (unpaired) electrons. The molecule has 6 heteroatoms. The summed E-state index contributed by atoms with van der Waals surface area (Å²) in [6.45, 7) is 13.4. The Labute approximate surface area is 225 Å². The molecule has 0 aromatic heterocycles. The van der Waals surface area contributed by atoms with Crippen LogP contribution in [0.4, 0.5) is 8.78 Å². The Morgan fingerprint density at radius 3 is 1.31 bits per heavy atom. The number of benzene rings is 2. The molecule has 35 heavy (non-hydrogen) atoms. The maximum atomic E-state index is 12.0. The monoisotopic (exact) mass is 572 g/mol. The first-order valence-corrected chi connectivity index (χ1v) is 17.4. The molecule has 4 rings (SSSR count). The van der Waals surface area contributed by atoms with E-state index in [9.17, 15) is 8.78 Å². The molecular formula is C29H36F2O2SiZr. The van der Waals surface area contributed by atoms with E-state index in [2.05, 4.69) is 71.2 Å². The normalized spacial score (nSPS) is 12.9. The number of rotatable bonds is 0. The third-order valence-electron chi connectivity index (χ3n) is 4.09. The zero-order valence-electron chi connectivity index (χ0n) is 21.5. The molecule has 2 aromatic carbocycles. The van der Waals surface area contributed by atoms with Gasteiger partial charge in [-0.15, -0.1) is 19.8 Å². The summed E-state index contributed by atoms with van der Waals surface area (Å²) in [5.74, 6) is -0.483. The minimum atomic E-state index is -0.331. The number of phenolic OH excluding ortho intramolecular Hbond substituents is 2. The van der Waals surface area contributed by atoms with Gasteiger partial charge in [0.05, 0.1) is 0 Å². The fourth-order valence-electron chi connectivity index (χ4n) is 2.30. The molecule has 0 spiro atoms. The molecule has 2 aliphatic carbocycles. The first-order valence-electron chi connectivity index (χ1n) is 11.2. The summed E-state index contributed by atoms with van der Waals surface area (Å²) in [5.41, 5.74) is 3.29. The Kier molecular flexibility index (Phi) is 17.2. The summed E-state index contributed by atoms with van der Waals surface area (Å²) in [7, 11) is 0. The number of halogens is 2. The van der Waals surface area contributed by atoms with E-state index in [1.807, 2.05) is 6.08 Å². The number of aromatic hydroxyl groups is 2. The maximum Gasteiger partial charge on any atom is 0.123 e. The van der Waals surface area contributed by atoms with E-state index in [-0.39, 0.29) is 28.6 Å². The second-order valence-corrected chi connectivity index (χ2v) is 18.3. The van der Waals surface area contributed by atoms with Gasteiger partial charge in [-0.25, -0.2) is 26.5 Å². The molecule has 0 unspecified atom stereocenters. The van der Waals surface area contributed by atoms with Crippen molar-refractivity contribution in [3.63, 3.8) is 0 Å². The van der Waals surface area contributed by atoms with Crippen LogP contribution in [0.1, 0.15) is 40.5 Å². The molecule has 2 aliphatic rings. The van der Waals surface area contributed by atoms with E-state index in [0.29, 0.717) is 5.41 Å². The minimum Gasteiger partial charge on any atom is -0.508 e. The molecule has 0 amide bonds. The molecule has 2 aromatic rings. The Balaban J connectivity index is 0.000000422. The summed E-state index contributed by atoms with van der Waals surface area (Å²) in [5, 5.41) is 17.2. The number of allylic oxidation sites excluding steroid dienone is 8. The first kappa shape index (κ1) is 33.0. The van der Waals surface area contributed by atoms with E-state index >= 15 is 0 Å². The van der Waals surface area contributed by atoms with Crippen molar-refractivity contribution in [2.24, 2.45) is 5.41 Å². The smallest absolute Gasteiger partial charge is 0.123 e. The Hall–Kier alpha value is -2.04. The van der Waals surface area contributed by atoms with Crippen LogP contribution in [0.15, 0.2) is 84.0 Å². The van der Waals surface area contributed by atoms with Crippen LogP contribution in [0.5, 0.6) is 11.5 Å². The van der Waals surface area contributed by atoms with E-state index in [1.54, 1.807) is 23.3 Å². The quantitative estimate of drug-likeness (QED) is 0.246. The van der Waals surface area contributed by atoms with Crippen LogP contribution in [-0.4, -0.2) is 15.6 Å². The average Bonchev–Trinajstić information content (AvgIpc) is 3.47. The van der Waals surface area contributed by atoms with Crippen LogP contribution < -0.4 is 0 Å². The van der Waals surface area contributed by atoms with Gasteiger partial charge in [-0.1, -0.05) is 26.2 Å². The summed E-state index contributed by atoms with van der Waals surface area (Å²) >= 11 is 1.74. The predicted molar refractivity (Wildman–Crippen MR) is 140 cm³/mol. The Bertz CT molecular complexity index is 908. The summed E-state index contributed by atoms with van der Waals surface area (Å²) in [6, 6.07) is 10.0. The van der Waals surface area contributed by atoms with Gasteiger partial charge < -0.3 is 10.2 Å². The number of phenols is 2. The minimum absolute atomic E-state index is 0.0893. The summed E-state index contributed by atoms with van der Waals surface area (Å²) < 4.78 is 24.0. The number of hydrogen-bond acceptors (Lipinski definition) is 2. The van der Waals surface area contributed by atoms with Gasteiger partial charge >= 0.3 is 41.9 Å². The van der Waals surface area contributed by atoms with Crippen molar-refractivity contribution < 1.29 is 42.3 Å². The fraction of sp³-hybridized carbons (Fsp3) is 0.310. The van der Waals surface area contributed by atoms with Crippen molar-refractivity contribution in [3.05, 3.63) is 108 Å². The molecule has 2 N–H and O–H groups in total. The molecular weight excluding hydrogens is 538 g/mol. The van der Waals surface area contributed by atoms with Crippen LogP contribution in [0.2, 0.25) is 13.1 Å². The molecule has 0 saturated heterocycles. The van der Waals surface area contributed by atoms with Crippen molar-refractivity contribution >= 4 is 5.43 Å². The van der Waals surface area contributed by atoms with Crippen molar-refractivity contribution in [1.82, 2.24) is 0 Å². The predicted octanol–water partition coefficient (Wildman–Crippen LogP) is 8.26. The summed E-state index contributed by atoms with van der Waals surface area (Å²) in [6.07, 6.45) is 16.7. The van der Waals surface area contributed by atoms with Gasteiger partial charge in [0.15, 0.2) is 0 Å². The first-order chi connectivity index (χ1) is 16.3. The SMILES string of the molecule is CC(C)(C)C1=CC[C-]=C1.CC1=CC[C-]=C1.C[Si](C)=[Zr+2].Oc1ccc(F)cc1.Oc1ccc(F)cc1. The van der Waals surface area contributed by atoms with E-state index in [0.717, 1.165) is 12.8 Å². The zero-order chi connectivity index (χ0) is 26.9. The second kappa shape index (κ2) is 18.3. The van der Waals surface area contributed by atoms with Gasteiger partial charge in [0.2, 0.25) is 0 Å². The standard InChI is InChI=1S/C9H13.2C6H5FO.C6H7.C2H6Si.Zr/c1-9(2,3)8-6-4-5-7-8;2*7-5-1-3-6(8)4-2-5;1-6-4-2-3-5-6;1-3-2;/h6-7H,4H2,1-3H3;2*1-4,8H;4-5H,2H2,1H3;1-2H3;/q-1;;;-1;;+2. The molecule has 0 heterocycles. The van der Waals surface area contributed by atoms with E-state index in [1.165, 1.54) is 59.7 Å². The third kappa shape index (κ3) is 19.9. The maximum absolute atomic E-state index is 12.0. The van der Waals surface area contributed by atoms with Crippen LogP contribution in [0.3, 0.4) is 0 Å². The van der Waals surface area contributed by atoms with E-state index < -0.39 is 0 Å². The molecule has 0 saturated carbocycles. The Morgan fingerprint density at radius 1 is 0.771 bits per heavy atom. The molecule has 0 fully saturated rings. The zero-order valence-corrected chi connectivity index (χ0v) is 25.0. The van der Waals surface area contributed by atoms with Crippen molar-refractivity contribution in [2.45, 2.75) is 53.6 Å². The third-order valence-corrected chi connectivity index (χ3v) is 4.09. The molecule has 2 nitrogen and oxygen atoms in total. The van der Waals surface area contributed by atoms with Gasteiger partial charge in [0, 0.05) is 0 Å².